The Labute approximate surface area is 122 Å². The van der Waals surface area contributed by atoms with Crippen molar-refractivity contribution < 1.29 is 4.74 Å². The maximum atomic E-state index is 4.99. The summed E-state index contributed by atoms with van der Waals surface area (Å²) in [5, 5.41) is 7.82. The van der Waals surface area contributed by atoms with Gasteiger partial charge in [0.1, 0.15) is 0 Å². The molecule has 0 aliphatic heterocycles. The Balaban J connectivity index is 1.75. The second kappa shape index (κ2) is 6.43. The summed E-state index contributed by atoms with van der Waals surface area (Å²) in [6.45, 7) is 2.24. The number of fused-ring (bicyclic) bond motifs is 1. The Bertz CT molecular complexity index is 725. The topological polar surface area (TPSA) is 64.9 Å². The first kappa shape index (κ1) is 13.7. The second-order valence-electron chi connectivity index (χ2n) is 4.65. The monoisotopic (exact) mass is 283 g/mol. The van der Waals surface area contributed by atoms with Crippen molar-refractivity contribution in [1.82, 2.24) is 25.1 Å². The maximum absolute atomic E-state index is 4.99. The van der Waals surface area contributed by atoms with E-state index in [9.17, 15) is 0 Å². The van der Waals surface area contributed by atoms with Crippen LogP contribution in [0.2, 0.25) is 0 Å². The van der Waals surface area contributed by atoms with Crippen LogP contribution in [0.15, 0.2) is 42.9 Å². The molecule has 3 aromatic rings. The van der Waals surface area contributed by atoms with Crippen LogP contribution >= 0.6 is 0 Å². The van der Waals surface area contributed by atoms with Gasteiger partial charge in [-0.25, -0.2) is 4.68 Å². The average Bonchev–Trinajstić information content (AvgIpc) is 3.00. The number of aromatic nitrogens is 4. The van der Waals surface area contributed by atoms with Crippen LogP contribution in [0.4, 0.5) is 0 Å². The van der Waals surface area contributed by atoms with Gasteiger partial charge in [-0.3, -0.25) is 9.97 Å². The molecule has 1 N–H and O–H groups in total. The lowest BCUT2D eigenvalue weighted by atomic mass is 10.2. The number of hydrogen-bond donors (Lipinski definition) is 1. The van der Waals surface area contributed by atoms with Crippen LogP contribution in [0.25, 0.3) is 16.7 Å². The Hall–Kier alpha value is -2.31. The van der Waals surface area contributed by atoms with Crippen molar-refractivity contribution in [2.45, 2.75) is 6.54 Å². The molecule has 0 atom stereocenters. The molecular formula is C15H17N5O. The normalized spacial score (nSPS) is 11.1. The molecule has 2 aromatic heterocycles. The van der Waals surface area contributed by atoms with Gasteiger partial charge in [0.05, 0.1) is 29.0 Å². The van der Waals surface area contributed by atoms with E-state index in [1.165, 1.54) is 0 Å². The van der Waals surface area contributed by atoms with E-state index in [0.717, 1.165) is 35.5 Å². The van der Waals surface area contributed by atoms with E-state index in [1.54, 1.807) is 19.5 Å². The molecule has 3 rings (SSSR count). The fraction of sp³-hybridized carbons (Fsp3) is 0.267. The van der Waals surface area contributed by atoms with E-state index in [-0.39, 0.29) is 0 Å². The summed E-state index contributed by atoms with van der Waals surface area (Å²) >= 11 is 0. The molecule has 6 heteroatoms. The highest BCUT2D eigenvalue weighted by Crippen LogP contribution is 2.14. The molecule has 0 bridgehead atoms. The number of rotatable bonds is 6. The quantitative estimate of drug-likeness (QED) is 0.695. The van der Waals surface area contributed by atoms with Crippen LogP contribution in [0, 0.1) is 0 Å². The van der Waals surface area contributed by atoms with Crippen molar-refractivity contribution in [3.8, 4) is 5.69 Å². The predicted molar refractivity (Wildman–Crippen MR) is 80.2 cm³/mol. The zero-order valence-corrected chi connectivity index (χ0v) is 11.9. The summed E-state index contributed by atoms with van der Waals surface area (Å²) in [6.07, 6.45) is 5.34. The van der Waals surface area contributed by atoms with Crippen LogP contribution in [0.1, 0.15) is 5.69 Å². The standard InChI is InChI=1S/C15H17N5O/c1-21-9-7-16-11-12-4-8-20(19-12)13-2-3-14-15(10-13)18-6-5-17-14/h2-6,8,10,16H,7,9,11H2,1H3. The molecule has 0 unspecified atom stereocenters. The highest BCUT2D eigenvalue weighted by Gasteiger charge is 2.03. The molecule has 2 heterocycles. The summed E-state index contributed by atoms with van der Waals surface area (Å²) < 4.78 is 6.84. The van der Waals surface area contributed by atoms with E-state index >= 15 is 0 Å². The predicted octanol–water partition coefficient (Wildman–Crippen LogP) is 1.55. The van der Waals surface area contributed by atoms with Gasteiger partial charge in [-0.2, -0.15) is 5.10 Å². The van der Waals surface area contributed by atoms with Crippen LogP contribution < -0.4 is 5.32 Å². The molecule has 1 aromatic carbocycles. The first-order valence-electron chi connectivity index (χ1n) is 6.82. The number of ether oxygens (including phenoxy) is 1. The molecule has 0 radical (unpaired) electrons. The van der Waals surface area contributed by atoms with Gasteiger partial charge in [0.25, 0.3) is 0 Å². The maximum Gasteiger partial charge on any atom is 0.0908 e. The number of methoxy groups -OCH3 is 1. The Morgan fingerprint density at radius 1 is 1.14 bits per heavy atom. The summed E-state index contributed by atoms with van der Waals surface area (Å²) in [6, 6.07) is 7.93. The number of benzene rings is 1. The molecule has 0 saturated heterocycles. The summed E-state index contributed by atoms with van der Waals surface area (Å²) in [4.78, 5) is 8.58. The third kappa shape index (κ3) is 3.24. The van der Waals surface area contributed by atoms with Crippen molar-refractivity contribution in [1.29, 1.82) is 0 Å². The molecule has 0 saturated carbocycles. The van der Waals surface area contributed by atoms with E-state index in [4.69, 9.17) is 4.74 Å². The first-order chi connectivity index (χ1) is 10.4. The van der Waals surface area contributed by atoms with Crippen LogP contribution in [0.3, 0.4) is 0 Å². The van der Waals surface area contributed by atoms with Crippen molar-refractivity contribution in [2.75, 3.05) is 20.3 Å². The minimum Gasteiger partial charge on any atom is -0.383 e. The van der Waals surface area contributed by atoms with Gasteiger partial charge in [-0.05, 0) is 24.3 Å². The van der Waals surface area contributed by atoms with Crippen molar-refractivity contribution in [2.24, 2.45) is 0 Å². The minimum atomic E-state index is 0.698. The zero-order chi connectivity index (χ0) is 14.5. The van der Waals surface area contributed by atoms with E-state index < -0.39 is 0 Å². The van der Waals surface area contributed by atoms with Crippen molar-refractivity contribution in [3.05, 3.63) is 48.5 Å². The lowest BCUT2D eigenvalue weighted by Gasteiger charge is -2.03. The molecule has 108 valence electrons. The molecule has 21 heavy (non-hydrogen) atoms. The molecule has 0 aliphatic rings. The molecule has 0 spiro atoms. The van der Waals surface area contributed by atoms with Crippen molar-refractivity contribution >= 4 is 11.0 Å². The van der Waals surface area contributed by atoms with E-state index in [2.05, 4.69) is 20.4 Å². The fourth-order valence-corrected chi connectivity index (χ4v) is 2.08. The summed E-state index contributed by atoms with van der Waals surface area (Å²) in [5.41, 5.74) is 3.72. The fourth-order valence-electron chi connectivity index (χ4n) is 2.08. The van der Waals surface area contributed by atoms with Gasteiger partial charge in [0.2, 0.25) is 0 Å². The first-order valence-corrected chi connectivity index (χ1v) is 6.82. The van der Waals surface area contributed by atoms with Crippen LogP contribution in [-0.4, -0.2) is 40.0 Å². The third-order valence-electron chi connectivity index (χ3n) is 3.15. The Morgan fingerprint density at radius 3 is 2.86 bits per heavy atom. The summed E-state index contributed by atoms with van der Waals surface area (Å²) in [7, 11) is 1.69. The number of hydrogen-bond acceptors (Lipinski definition) is 5. The molecule has 0 aliphatic carbocycles. The van der Waals surface area contributed by atoms with Crippen molar-refractivity contribution in [3.63, 3.8) is 0 Å². The lowest BCUT2D eigenvalue weighted by Crippen LogP contribution is -2.18. The van der Waals surface area contributed by atoms with Gasteiger partial charge in [0.15, 0.2) is 0 Å². The highest BCUT2D eigenvalue weighted by atomic mass is 16.5. The van der Waals surface area contributed by atoms with Gasteiger partial charge in [-0.15, -0.1) is 0 Å². The highest BCUT2D eigenvalue weighted by molar-refractivity contribution is 5.76. The lowest BCUT2D eigenvalue weighted by molar-refractivity contribution is 0.199. The zero-order valence-electron chi connectivity index (χ0n) is 11.9. The SMILES string of the molecule is COCCNCc1ccn(-c2ccc3nccnc3c2)n1. The van der Waals surface area contributed by atoms with Crippen LogP contribution in [-0.2, 0) is 11.3 Å². The van der Waals surface area contributed by atoms with E-state index in [0.29, 0.717) is 6.61 Å². The Morgan fingerprint density at radius 2 is 2.00 bits per heavy atom. The molecule has 0 fully saturated rings. The Kier molecular flexibility index (Phi) is 4.18. The largest absolute Gasteiger partial charge is 0.383 e. The smallest absolute Gasteiger partial charge is 0.0908 e. The van der Waals surface area contributed by atoms with Gasteiger partial charge < -0.3 is 10.1 Å². The molecule has 6 nitrogen and oxygen atoms in total. The minimum absolute atomic E-state index is 0.698. The number of nitrogens with zero attached hydrogens (tertiary/aromatic N) is 4. The van der Waals surface area contributed by atoms with Gasteiger partial charge in [-0.1, -0.05) is 0 Å². The third-order valence-corrected chi connectivity index (χ3v) is 3.15. The molecule has 0 amide bonds. The van der Waals surface area contributed by atoms with E-state index in [1.807, 2.05) is 35.1 Å². The summed E-state index contributed by atoms with van der Waals surface area (Å²) in [5.74, 6) is 0. The van der Waals surface area contributed by atoms with Gasteiger partial charge >= 0.3 is 0 Å². The average molecular weight is 283 g/mol. The van der Waals surface area contributed by atoms with Gasteiger partial charge in [0, 0.05) is 38.8 Å². The van der Waals surface area contributed by atoms with Crippen LogP contribution in [0.5, 0.6) is 0 Å². The second-order valence-corrected chi connectivity index (χ2v) is 4.65. The number of nitrogens with one attached hydrogen (secondary N) is 1. The molecular weight excluding hydrogens is 266 g/mol.